The average molecular weight is 325 g/mol. The molecule has 1 N–H and O–H groups in total. The van der Waals surface area contributed by atoms with Gasteiger partial charge >= 0.3 is 0 Å². The van der Waals surface area contributed by atoms with Gasteiger partial charge in [-0.3, -0.25) is 9.69 Å². The minimum Gasteiger partial charge on any atom is -0.478 e. The highest BCUT2D eigenvalue weighted by Gasteiger charge is 2.31. The van der Waals surface area contributed by atoms with Gasteiger partial charge in [-0.15, -0.1) is 0 Å². The quantitative estimate of drug-likeness (QED) is 0.874. The Hall–Kier alpha value is -1.26. The van der Waals surface area contributed by atoms with Crippen LogP contribution in [0.2, 0.25) is 5.02 Å². The van der Waals surface area contributed by atoms with Crippen molar-refractivity contribution in [1.82, 2.24) is 10.2 Å². The van der Waals surface area contributed by atoms with Gasteiger partial charge in [-0.05, 0) is 64.0 Å². The molecule has 2 rings (SSSR count). The molecule has 1 heterocycles. The highest BCUT2D eigenvalue weighted by molar-refractivity contribution is 6.30. The number of nitrogens with zero attached hydrogens (tertiary/aromatic N) is 1. The molecule has 0 saturated carbocycles. The van der Waals surface area contributed by atoms with Crippen LogP contribution in [0.3, 0.4) is 0 Å². The monoisotopic (exact) mass is 324 g/mol. The molecular weight excluding hydrogens is 300 g/mol. The van der Waals surface area contributed by atoms with Gasteiger partial charge in [0.2, 0.25) is 0 Å². The molecule has 4 nitrogen and oxygen atoms in total. The molecule has 1 aromatic rings. The summed E-state index contributed by atoms with van der Waals surface area (Å²) in [5.74, 6) is 0.547. The predicted molar refractivity (Wildman–Crippen MR) is 89.4 cm³/mol. The first kappa shape index (κ1) is 17.1. The number of ether oxygens (including phenoxy) is 1. The molecule has 1 atom stereocenters. The Balaban J connectivity index is 1.88. The van der Waals surface area contributed by atoms with E-state index in [1.165, 1.54) is 6.42 Å². The number of rotatable bonds is 6. The van der Waals surface area contributed by atoms with Crippen molar-refractivity contribution in [3.63, 3.8) is 0 Å². The number of likely N-dealkylation sites (tertiary alicyclic amines) is 1. The minimum absolute atomic E-state index is 0.0922. The van der Waals surface area contributed by atoms with Gasteiger partial charge in [0.05, 0.1) is 0 Å². The fourth-order valence-corrected chi connectivity index (χ4v) is 2.94. The average Bonchev–Trinajstić information content (AvgIpc) is 2.94. The Kier molecular flexibility index (Phi) is 5.70. The number of benzene rings is 1. The van der Waals surface area contributed by atoms with E-state index in [-0.39, 0.29) is 5.91 Å². The molecule has 0 radical (unpaired) electrons. The maximum atomic E-state index is 12.4. The molecule has 0 bridgehead atoms. The Labute approximate surface area is 137 Å². The number of hydrogen-bond donors (Lipinski definition) is 1. The molecular formula is C17H25ClN2O2. The summed E-state index contributed by atoms with van der Waals surface area (Å²) in [6.07, 6.45) is 2.35. The normalized spacial score (nSPS) is 19.2. The molecule has 0 spiro atoms. The van der Waals surface area contributed by atoms with Crippen LogP contribution in [0.5, 0.6) is 5.75 Å². The lowest BCUT2D eigenvalue weighted by atomic mass is 10.1. The molecule has 1 fully saturated rings. The maximum Gasteiger partial charge on any atom is 0.263 e. The smallest absolute Gasteiger partial charge is 0.263 e. The van der Waals surface area contributed by atoms with Crippen molar-refractivity contribution in [2.24, 2.45) is 0 Å². The van der Waals surface area contributed by atoms with Crippen LogP contribution in [0.4, 0.5) is 0 Å². The first-order chi connectivity index (χ1) is 10.4. The third-order valence-corrected chi connectivity index (χ3v) is 4.39. The van der Waals surface area contributed by atoms with Crippen LogP contribution in [-0.2, 0) is 4.79 Å². The number of nitrogens with one attached hydrogen (secondary N) is 1. The Morgan fingerprint density at radius 2 is 2.09 bits per heavy atom. The summed E-state index contributed by atoms with van der Waals surface area (Å²) >= 11 is 5.86. The van der Waals surface area contributed by atoms with Gasteiger partial charge in [-0.25, -0.2) is 0 Å². The summed E-state index contributed by atoms with van der Waals surface area (Å²) in [7, 11) is 0. The van der Waals surface area contributed by atoms with Crippen LogP contribution in [0, 0.1) is 0 Å². The molecule has 22 heavy (non-hydrogen) atoms. The SMILES string of the molecule is CCN1CCCC1CNC(=O)C(C)(C)Oc1ccc(Cl)cc1. The van der Waals surface area contributed by atoms with E-state index in [0.717, 1.165) is 19.5 Å². The molecule has 1 aromatic carbocycles. The summed E-state index contributed by atoms with van der Waals surface area (Å²) in [4.78, 5) is 14.8. The van der Waals surface area contributed by atoms with E-state index in [2.05, 4.69) is 17.1 Å². The lowest BCUT2D eigenvalue weighted by molar-refractivity contribution is -0.134. The summed E-state index contributed by atoms with van der Waals surface area (Å²) in [6, 6.07) is 7.49. The standard InChI is InChI=1S/C17H25ClN2O2/c1-4-20-11-5-6-14(20)12-19-16(21)17(2,3)22-15-9-7-13(18)8-10-15/h7-10,14H,4-6,11-12H2,1-3H3,(H,19,21). The van der Waals surface area contributed by atoms with Gasteiger partial charge in [0.15, 0.2) is 5.60 Å². The zero-order chi connectivity index (χ0) is 16.2. The first-order valence-corrected chi connectivity index (χ1v) is 8.27. The van der Waals surface area contributed by atoms with Crippen LogP contribution < -0.4 is 10.1 Å². The van der Waals surface area contributed by atoms with Gasteiger partial charge in [0.1, 0.15) is 5.75 Å². The van der Waals surface area contributed by atoms with Crippen LogP contribution in [-0.4, -0.2) is 42.1 Å². The second kappa shape index (κ2) is 7.34. The van der Waals surface area contributed by atoms with Crippen molar-refractivity contribution in [3.8, 4) is 5.75 Å². The summed E-state index contributed by atoms with van der Waals surface area (Å²) in [5.41, 5.74) is -0.913. The zero-order valence-electron chi connectivity index (χ0n) is 13.6. The third kappa shape index (κ3) is 4.37. The van der Waals surface area contributed by atoms with Crippen LogP contribution >= 0.6 is 11.6 Å². The number of amides is 1. The lowest BCUT2D eigenvalue weighted by Gasteiger charge is -2.28. The molecule has 1 amide bonds. The van der Waals surface area contributed by atoms with Crippen LogP contribution in [0.15, 0.2) is 24.3 Å². The number of hydrogen-bond acceptors (Lipinski definition) is 3. The predicted octanol–water partition coefficient (Wildman–Crippen LogP) is 3.10. The Morgan fingerprint density at radius 3 is 2.73 bits per heavy atom. The molecule has 1 unspecified atom stereocenters. The summed E-state index contributed by atoms with van der Waals surface area (Å²) in [6.45, 7) is 8.56. The molecule has 1 aliphatic rings. The molecule has 0 aromatic heterocycles. The van der Waals surface area contributed by atoms with Crippen LogP contribution in [0.25, 0.3) is 0 Å². The fourth-order valence-electron chi connectivity index (χ4n) is 2.81. The summed E-state index contributed by atoms with van der Waals surface area (Å²) in [5, 5.41) is 3.68. The van der Waals surface area contributed by atoms with Gasteiger partial charge < -0.3 is 10.1 Å². The number of halogens is 1. The van der Waals surface area contributed by atoms with E-state index in [1.807, 2.05) is 0 Å². The largest absolute Gasteiger partial charge is 0.478 e. The van der Waals surface area contributed by atoms with Gasteiger partial charge in [0.25, 0.3) is 5.91 Å². The molecule has 1 aliphatic heterocycles. The highest BCUT2D eigenvalue weighted by atomic mass is 35.5. The van der Waals surface area contributed by atoms with Crippen LogP contribution in [0.1, 0.15) is 33.6 Å². The first-order valence-electron chi connectivity index (χ1n) is 7.89. The van der Waals surface area contributed by atoms with E-state index >= 15 is 0 Å². The van der Waals surface area contributed by atoms with E-state index in [0.29, 0.717) is 23.4 Å². The number of carbonyl (C=O) groups excluding carboxylic acids is 1. The van der Waals surface area contributed by atoms with Crippen molar-refractivity contribution in [2.45, 2.75) is 45.3 Å². The van der Waals surface area contributed by atoms with E-state index in [4.69, 9.17) is 16.3 Å². The number of carbonyl (C=O) groups is 1. The van der Waals surface area contributed by atoms with Gasteiger partial charge in [-0.2, -0.15) is 0 Å². The molecule has 122 valence electrons. The van der Waals surface area contributed by atoms with Gasteiger partial charge in [0, 0.05) is 17.6 Å². The topological polar surface area (TPSA) is 41.6 Å². The molecule has 0 aliphatic carbocycles. The fraction of sp³-hybridized carbons (Fsp3) is 0.588. The Bertz CT molecular complexity index is 502. The minimum atomic E-state index is -0.913. The van der Waals surface area contributed by atoms with E-state index in [1.54, 1.807) is 38.1 Å². The Morgan fingerprint density at radius 1 is 1.41 bits per heavy atom. The zero-order valence-corrected chi connectivity index (χ0v) is 14.3. The maximum absolute atomic E-state index is 12.4. The number of likely N-dealkylation sites (N-methyl/N-ethyl adjacent to an activating group) is 1. The van der Waals surface area contributed by atoms with E-state index in [9.17, 15) is 4.79 Å². The van der Waals surface area contributed by atoms with Crippen molar-refractivity contribution >= 4 is 17.5 Å². The van der Waals surface area contributed by atoms with Crippen molar-refractivity contribution in [2.75, 3.05) is 19.6 Å². The molecule has 1 saturated heterocycles. The van der Waals surface area contributed by atoms with Gasteiger partial charge in [-0.1, -0.05) is 18.5 Å². The molecule has 5 heteroatoms. The second-order valence-electron chi connectivity index (χ2n) is 6.20. The second-order valence-corrected chi connectivity index (χ2v) is 6.64. The van der Waals surface area contributed by atoms with Crippen molar-refractivity contribution in [1.29, 1.82) is 0 Å². The van der Waals surface area contributed by atoms with Crippen molar-refractivity contribution < 1.29 is 9.53 Å². The van der Waals surface area contributed by atoms with E-state index < -0.39 is 5.60 Å². The highest BCUT2D eigenvalue weighted by Crippen LogP contribution is 2.21. The van der Waals surface area contributed by atoms with Crippen molar-refractivity contribution in [3.05, 3.63) is 29.3 Å². The lowest BCUT2D eigenvalue weighted by Crippen LogP contribution is -2.50. The third-order valence-electron chi connectivity index (χ3n) is 4.14. The summed E-state index contributed by atoms with van der Waals surface area (Å²) < 4.78 is 5.80.